The largest absolute Gasteiger partial charge is 0.417 e. The zero-order chi connectivity index (χ0) is 23.4. The molecule has 0 aromatic heterocycles. The Kier molecular flexibility index (Phi) is 8.07. The fourth-order valence-corrected chi connectivity index (χ4v) is 5.79. The topological polar surface area (TPSA) is 29.3 Å². The van der Waals surface area contributed by atoms with Gasteiger partial charge in [0.2, 0.25) is 0 Å². The minimum atomic E-state index is -4.45. The van der Waals surface area contributed by atoms with E-state index >= 15 is 0 Å². The van der Waals surface area contributed by atoms with Gasteiger partial charge in [-0.2, -0.15) is 13.2 Å². The molecule has 0 bridgehead atoms. The standard InChI is InChI=1S/C27H34ClF3N2/c28-26-12-10-22(14-25(26)27(29,30)31)18-33(16-20-7-5-19(15-32)6-8-20)17-21-9-11-23-3-1-2-4-24(23)13-21/h9-12,14,19-20,23H,1-8,15-18,32H2. The van der Waals surface area contributed by atoms with Crippen LogP contribution in [0.3, 0.4) is 0 Å². The smallest absolute Gasteiger partial charge is 0.330 e. The van der Waals surface area contributed by atoms with Gasteiger partial charge in [-0.05, 0) is 86.6 Å². The predicted octanol–water partition coefficient (Wildman–Crippen LogP) is 7.14. The van der Waals surface area contributed by atoms with Crippen molar-refractivity contribution in [3.8, 4) is 0 Å². The Balaban J connectivity index is 1.53. The maximum Gasteiger partial charge on any atom is 0.417 e. The Morgan fingerprint density at radius 3 is 2.52 bits per heavy atom. The average molecular weight is 479 g/mol. The van der Waals surface area contributed by atoms with Crippen molar-refractivity contribution < 1.29 is 13.2 Å². The van der Waals surface area contributed by atoms with Crippen LogP contribution in [0.5, 0.6) is 0 Å². The van der Waals surface area contributed by atoms with Crippen LogP contribution >= 0.6 is 11.6 Å². The van der Waals surface area contributed by atoms with E-state index < -0.39 is 11.7 Å². The number of halogens is 4. The highest BCUT2D eigenvalue weighted by atomic mass is 35.5. The molecule has 1 atom stereocenters. The zero-order valence-corrected chi connectivity index (χ0v) is 19.9. The highest BCUT2D eigenvalue weighted by Crippen LogP contribution is 2.36. The van der Waals surface area contributed by atoms with Gasteiger partial charge in [0.25, 0.3) is 0 Å². The number of allylic oxidation sites excluding steroid dienone is 1. The number of alkyl halides is 3. The number of benzene rings is 1. The first-order valence-electron chi connectivity index (χ1n) is 12.3. The maximum absolute atomic E-state index is 13.4. The number of hydrogen-bond donors (Lipinski definition) is 1. The highest BCUT2D eigenvalue weighted by Gasteiger charge is 2.33. The molecule has 33 heavy (non-hydrogen) atoms. The second kappa shape index (κ2) is 10.8. The summed E-state index contributed by atoms with van der Waals surface area (Å²) in [7, 11) is 0. The summed E-state index contributed by atoms with van der Waals surface area (Å²) in [6.45, 7) is 2.79. The Bertz CT molecular complexity index is 922. The van der Waals surface area contributed by atoms with E-state index in [1.807, 2.05) is 0 Å². The summed E-state index contributed by atoms with van der Waals surface area (Å²) >= 11 is 5.85. The SMILES string of the molecule is NCC1CCC(CN(CC2=C=C3CCCCC3C=C2)Cc2ccc(Cl)c(C(F)(F)F)c2)CC1. The first-order valence-corrected chi connectivity index (χ1v) is 12.6. The maximum atomic E-state index is 13.4. The summed E-state index contributed by atoms with van der Waals surface area (Å²) in [5.74, 6) is 1.68. The van der Waals surface area contributed by atoms with Crippen molar-refractivity contribution >= 4 is 11.6 Å². The molecule has 1 aromatic rings. The lowest BCUT2D eigenvalue weighted by molar-refractivity contribution is -0.137. The summed E-state index contributed by atoms with van der Waals surface area (Å²) < 4.78 is 40.2. The van der Waals surface area contributed by atoms with E-state index in [0.717, 1.165) is 50.8 Å². The number of fused-ring (bicyclic) bond motifs is 1. The molecule has 0 heterocycles. The first-order chi connectivity index (χ1) is 15.8. The molecular formula is C27H34ClF3N2. The molecule has 2 fully saturated rings. The van der Waals surface area contributed by atoms with Gasteiger partial charge in [0, 0.05) is 31.1 Å². The summed E-state index contributed by atoms with van der Waals surface area (Å²) in [6, 6.07) is 4.30. The van der Waals surface area contributed by atoms with Crippen LogP contribution in [-0.2, 0) is 12.7 Å². The van der Waals surface area contributed by atoms with Crippen LogP contribution in [0.4, 0.5) is 13.2 Å². The zero-order valence-electron chi connectivity index (χ0n) is 19.1. The van der Waals surface area contributed by atoms with Gasteiger partial charge in [-0.15, -0.1) is 5.73 Å². The molecule has 0 amide bonds. The highest BCUT2D eigenvalue weighted by molar-refractivity contribution is 6.31. The molecule has 3 aliphatic carbocycles. The van der Waals surface area contributed by atoms with E-state index in [9.17, 15) is 13.2 Å². The average Bonchev–Trinajstić information content (AvgIpc) is 2.80. The minimum absolute atomic E-state index is 0.246. The molecule has 2 N–H and O–H groups in total. The number of hydrogen-bond acceptors (Lipinski definition) is 2. The monoisotopic (exact) mass is 478 g/mol. The Hall–Kier alpha value is -1.52. The van der Waals surface area contributed by atoms with Crippen molar-refractivity contribution in [2.24, 2.45) is 23.5 Å². The lowest BCUT2D eigenvalue weighted by Crippen LogP contribution is -2.33. The van der Waals surface area contributed by atoms with Crippen LogP contribution < -0.4 is 5.73 Å². The molecule has 0 saturated heterocycles. The van der Waals surface area contributed by atoms with Crippen LogP contribution in [0.1, 0.15) is 62.5 Å². The number of nitrogens with zero attached hydrogens (tertiary/aromatic N) is 1. The third kappa shape index (κ3) is 6.54. The van der Waals surface area contributed by atoms with Crippen LogP contribution in [-0.4, -0.2) is 24.5 Å². The summed E-state index contributed by atoms with van der Waals surface area (Å²) in [5.41, 5.74) is 11.9. The molecule has 4 rings (SSSR count). The fourth-order valence-electron chi connectivity index (χ4n) is 5.57. The third-order valence-corrected chi connectivity index (χ3v) is 7.79. The Labute approximate surface area is 200 Å². The van der Waals surface area contributed by atoms with E-state index in [2.05, 4.69) is 22.8 Å². The quantitative estimate of drug-likeness (QED) is 0.422. The molecular weight excluding hydrogens is 445 g/mol. The molecule has 0 radical (unpaired) electrons. The van der Waals surface area contributed by atoms with E-state index in [1.54, 1.807) is 6.07 Å². The summed E-state index contributed by atoms with van der Waals surface area (Å²) in [6.07, 6.45) is 9.37. The van der Waals surface area contributed by atoms with E-state index in [1.165, 1.54) is 37.0 Å². The van der Waals surface area contributed by atoms with Gasteiger partial charge in [0.15, 0.2) is 0 Å². The molecule has 2 saturated carbocycles. The van der Waals surface area contributed by atoms with Crippen LogP contribution in [0.15, 0.2) is 47.2 Å². The lowest BCUT2D eigenvalue weighted by Gasteiger charge is -2.33. The van der Waals surface area contributed by atoms with Gasteiger partial charge in [0.1, 0.15) is 0 Å². The Morgan fingerprint density at radius 1 is 1.03 bits per heavy atom. The van der Waals surface area contributed by atoms with Gasteiger partial charge >= 0.3 is 6.18 Å². The summed E-state index contributed by atoms with van der Waals surface area (Å²) in [4.78, 5) is 2.30. The van der Waals surface area contributed by atoms with Crippen molar-refractivity contribution in [1.29, 1.82) is 0 Å². The molecule has 0 spiro atoms. The fraction of sp³-hybridized carbons (Fsp3) is 0.593. The van der Waals surface area contributed by atoms with Crippen LogP contribution in [0.2, 0.25) is 5.02 Å². The van der Waals surface area contributed by atoms with Gasteiger partial charge < -0.3 is 5.73 Å². The van der Waals surface area contributed by atoms with Crippen molar-refractivity contribution in [3.05, 3.63) is 63.4 Å². The molecule has 3 aliphatic rings. The third-order valence-electron chi connectivity index (χ3n) is 7.46. The number of rotatable bonds is 7. The molecule has 6 heteroatoms. The molecule has 1 unspecified atom stereocenters. The van der Waals surface area contributed by atoms with Gasteiger partial charge in [0.05, 0.1) is 10.6 Å². The summed E-state index contributed by atoms with van der Waals surface area (Å²) in [5, 5.41) is -0.246. The minimum Gasteiger partial charge on any atom is -0.330 e. The van der Waals surface area contributed by atoms with Crippen molar-refractivity contribution in [2.75, 3.05) is 19.6 Å². The van der Waals surface area contributed by atoms with Gasteiger partial charge in [-0.3, -0.25) is 4.90 Å². The van der Waals surface area contributed by atoms with Crippen LogP contribution in [0, 0.1) is 17.8 Å². The molecule has 180 valence electrons. The Morgan fingerprint density at radius 2 is 1.79 bits per heavy atom. The first kappa shape index (κ1) is 24.6. The van der Waals surface area contributed by atoms with Gasteiger partial charge in [-0.25, -0.2) is 0 Å². The lowest BCUT2D eigenvalue weighted by atomic mass is 9.81. The normalized spacial score (nSPS) is 25.6. The predicted molar refractivity (Wildman–Crippen MR) is 128 cm³/mol. The van der Waals surface area contributed by atoms with E-state index in [4.69, 9.17) is 17.3 Å². The molecule has 0 aliphatic heterocycles. The van der Waals surface area contributed by atoms with E-state index in [-0.39, 0.29) is 5.02 Å². The van der Waals surface area contributed by atoms with Crippen molar-refractivity contribution in [1.82, 2.24) is 4.90 Å². The van der Waals surface area contributed by atoms with Gasteiger partial charge in [-0.1, -0.05) is 36.2 Å². The number of nitrogens with two attached hydrogens (primary N) is 1. The van der Waals surface area contributed by atoms with Crippen LogP contribution in [0.25, 0.3) is 0 Å². The second-order valence-corrected chi connectivity index (χ2v) is 10.4. The molecule has 2 nitrogen and oxygen atoms in total. The van der Waals surface area contributed by atoms with Crippen molar-refractivity contribution in [2.45, 2.75) is 64.1 Å². The van der Waals surface area contributed by atoms with E-state index in [0.29, 0.717) is 36.4 Å². The molecule has 1 aromatic carbocycles. The second-order valence-electron chi connectivity index (χ2n) is 9.99. The van der Waals surface area contributed by atoms with Crippen molar-refractivity contribution in [3.63, 3.8) is 0 Å².